The summed E-state index contributed by atoms with van der Waals surface area (Å²) in [6.07, 6.45) is 0.712. The normalized spacial score (nSPS) is 9.59. The number of ether oxygens (including phenoxy) is 2. The van der Waals surface area contributed by atoms with Crippen molar-refractivity contribution in [2.24, 2.45) is 0 Å². The minimum Gasteiger partial charge on any atom is -0.467 e. The lowest BCUT2D eigenvalue weighted by molar-refractivity contribution is 0.0220. The van der Waals surface area contributed by atoms with Crippen LogP contribution in [0.1, 0.15) is 24.5 Å². The van der Waals surface area contributed by atoms with Crippen molar-refractivity contribution in [2.75, 3.05) is 19.3 Å². The molecule has 1 aromatic rings. The largest absolute Gasteiger partial charge is 0.467 e. The molecule has 0 atom stereocenters. The molecular weight excluding hydrogens is 236 g/mol. The standard InChI is InChI=1S/C14H17ClO2/c1-3-16-11-17-14-8-7-13(10-12(14)2)6-4-5-9-15/h7-8,10H,3,5,9,11H2,1-2H3. The number of benzene rings is 1. The van der Waals surface area contributed by atoms with Crippen molar-refractivity contribution in [3.05, 3.63) is 29.3 Å². The van der Waals surface area contributed by atoms with Crippen LogP contribution in [0.5, 0.6) is 5.75 Å². The van der Waals surface area contributed by atoms with E-state index in [1.54, 1.807) is 0 Å². The maximum Gasteiger partial charge on any atom is 0.189 e. The van der Waals surface area contributed by atoms with Crippen LogP contribution in [0.3, 0.4) is 0 Å². The van der Waals surface area contributed by atoms with E-state index in [0.717, 1.165) is 16.9 Å². The third-order valence-electron chi connectivity index (χ3n) is 2.13. The summed E-state index contributed by atoms with van der Waals surface area (Å²) < 4.78 is 10.6. The molecule has 0 radical (unpaired) electrons. The molecule has 1 aromatic carbocycles. The molecule has 0 bridgehead atoms. The summed E-state index contributed by atoms with van der Waals surface area (Å²) >= 11 is 5.56. The SMILES string of the molecule is CCOCOc1ccc(C#CCCCl)cc1C. The van der Waals surface area contributed by atoms with Gasteiger partial charge in [-0.05, 0) is 37.6 Å². The molecule has 0 amide bonds. The Labute approximate surface area is 108 Å². The molecule has 92 valence electrons. The fraction of sp³-hybridized carbons (Fsp3) is 0.429. The first-order valence-corrected chi connectivity index (χ1v) is 6.17. The highest BCUT2D eigenvalue weighted by atomic mass is 35.5. The van der Waals surface area contributed by atoms with Crippen LogP contribution < -0.4 is 4.74 Å². The summed E-state index contributed by atoms with van der Waals surface area (Å²) in [5.74, 6) is 7.47. The minimum atomic E-state index is 0.286. The van der Waals surface area contributed by atoms with Gasteiger partial charge in [0.25, 0.3) is 0 Å². The fourth-order valence-corrected chi connectivity index (χ4v) is 1.38. The molecule has 3 heteroatoms. The van der Waals surface area contributed by atoms with Gasteiger partial charge in [-0.3, -0.25) is 0 Å². The van der Waals surface area contributed by atoms with Crippen molar-refractivity contribution in [3.63, 3.8) is 0 Å². The fourth-order valence-electron chi connectivity index (χ4n) is 1.29. The average Bonchev–Trinajstić information content (AvgIpc) is 2.32. The number of rotatable bonds is 5. The summed E-state index contributed by atoms with van der Waals surface area (Å²) in [5.41, 5.74) is 2.04. The van der Waals surface area contributed by atoms with Gasteiger partial charge in [-0.15, -0.1) is 11.6 Å². The zero-order valence-electron chi connectivity index (χ0n) is 10.3. The molecule has 0 aromatic heterocycles. The van der Waals surface area contributed by atoms with Crippen LogP contribution in [0.25, 0.3) is 0 Å². The van der Waals surface area contributed by atoms with Gasteiger partial charge in [0.2, 0.25) is 0 Å². The van der Waals surface area contributed by atoms with E-state index in [2.05, 4.69) is 11.8 Å². The van der Waals surface area contributed by atoms with Crippen LogP contribution in [-0.2, 0) is 4.74 Å². The van der Waals surface area contributed by atoms with E-state index in [1.165, 1.54) is 0 Å². The topological polar surface area (TPSA) is 18.5 Å². The van der Waals surface area contributed by atoms with Crippen LogP contribution in [0, 0.1) is 18.8 Å². The maximum absolute atomic E-state index is 5.56. The van der Waals surface area contributed by atoms with E-state index >= 15 is 0 Å². The quantitative estimate of drug-likeness (QED) is 0.346. The predicted molar refractivity (Wildman–Crippen MR) is 70.5 cm³/mol. The van der Waals surface area contributed by atoms with E-state index in [9.17, 15) is 0 Å². The van der Waals surface area contributed by atoms with Crippen molar-refractivity contribution in [1.29, 1.82) is 0 Å². The first-order chi connectivity index (χ1) is 8.27. The molecule has 17 heavy (non-hydrogen) atoms. The van der Waals surface area contributed by atoms with Crippen molar-refractivity contribution in [2.45, 2.75) is 20.3 Å². The zero-order valence-corrected chi connectivity index (χ0v) is 11.0. The first kappa shape index (κ1) is 13.9. The van der Waals surface area contributed by atoms with Gasteiger partial charge < -0.3 is 9.47 Å². The molecule has 0 N–H and O–H groups in total. The molecule has 1 rings (SSSR count). The minimum absolute atomic E-state index is 0.286. The molecular formula is C14H17ClO2. The molecule has 2 nitrogen and oxygen atoms in total. The third-order valence-corrected chi connectivity index (χ3v) is 2.32. The highest BCUT2D eigenvalue weighted by molar-refractivity contribution is 6.18. The molecule has 0 heterocycles. The van der Waals surface area contributed by atoms with Crippen LogP contribution in [0.4, 0.5) is 0 Å². The Morgan fingerprint density at radius 2 is 2.18 bits per heavy atom. The molecule has 0 fully saturated rings. The summed E-state index contributed by atoms with van der Waals surface area (Å²) in [7, 11) is 0. The highest BCUT2D eigenvalue weighted by Crippen LogP contribution is 2.18. The summed E-state index contributed by atoms with van der Waals surface area (Å²) in [4.78, 5) is 0. The Morgan fingerprint density at radius 1 is 1.35 bits per heavy atom. The second-order valence-electron chi connectivity index (χ2n) is 3.48. The van der Waals surface area contributed by atoms with E-state index in [1.807, 2.05) is 32.0 Å². The number of hydrogen-bond donors (Lipinski definition) is 0. The number of halogens is 1. The van der Waals surface area contributed by atoms with Crippen molar-refractivity contribution in [3.8, 4) is 17.6 Å². The zero-order chi connectivity index (χ0) is 12.5. The average molecular weight is 253 g/mol. The van der Waals surface area contributed by atoms with Gasteiger partial charge in [-0.1, -0.05) is 11.8 Å². The Morgan fingerprint density at radius 3 is 2.82 bits per heavy atom. The molecule has 0 aliphatic heterocycles. The monoisotopic (exact) mass is 252 g/mol. The van der Waals surface area contributed by atoms with E-state index < -0.39 is 0 Å². The van der Waals surface area contributed by atoms with Crippen LogP contribution in [-0.4, -0.2) is 19.3 Å². The second-order valence-corrected chi connectivity index (χ2v) is 3.85. The maximum atomic E-state index is 5.56. The lowest BCUT2D eigenvalue weighted by Crippen LogP contribution is -2.03. The smallest absolute Gasteiger partial charge is 0.189 e. The van der Waals surface area contributed by atoms with Gasteiger partial charge in [0.1, 0.15) is 5.75 Å². The number of hydrogen-bond acceptors (Lipinski definition) is 2. The van der Waals surface area contributed by atoms with Crippen molar-refractivity contribution < 1.29 is 9.47 Å². The Kier molecular flexibility index (Phi) is 6.54. The summed E-state index contributed by atoms with van der Waals surface area (Å²) in [6, 6.07) is 5.86. The van der Waals surface area contributed by atoms with Gasteiger partial charge in [-0.25, -0.2) is 0 Å². The van der Waals surface area contributed by atoms with Gasteiger partial charge in [-0.2, -0.15) is 0 Å². The Balaban J connectivity index is 2.63. The van der Waals surface area contributed by atoms with E-state index in [4.69, 9.17) is 21.1 Å². The molecule has 0 unspecified atom stereocenters. The Bertz CT molecular complexity index is 404. The second kappa shape index (κ2) is 8.00. The summed E-state index contributed by atoms with van der Waals surface area (Å²) in [5, 5.41) is 0. The predicted octanol–water partition coefficient (Wildman–Crippen LogP) is 3.35. The number of alkyl halides is 1. The molecule has 0 spiro atoms. The summed E-state index contributed by atoms with van der Waals surface area (Å²) in [6.45, 7) is 4.87. The molecule has 0 saturated carbocycles. The lowest BCUT2D eigenvalue weighted by atomic mass is 10.1. The molecule has 0 aliphatic rings. The van der Waals surface area contributed by atoms with Gasteiger partial charge in [0, 0.05) is 24.5 Å². The number of aryl methyl sites for hydroxylation is 1. The molecule has 0 saturated heterocycles. The van der Waals surface area contributed by atoms with E-state index in [0.29, 0.717) is 18.9 Å². The van der Waals surface area contributed by atoms with Gasteiger partial charge in [0.15, 0.2) is 6.79 Å². The van der Waals surface area contributed by atoms with Crippen molar-refractivity contribution in [1.82, 2.24) is 0 Å². The van der Waals surface area contributed by atoms with Gasteiger partial charge in [0.05, 0.1) is 0 Å². The lowest BCUT2D eigenvalue weighted by Gasteiger charge is -2.08. The Hall–Kier alpha value is -1.17. The third kappa shape index (κ3) is 5.12. The molecule has 0 aliphatic carbocycles. The highest BCUT2D eigenvalue weighted by Gasteiger charge is 1.99. The van der Waals surface area contributed by atoms with E-state index in [-0.39, 0.29) is 6.79 Å². The van der Waals surface area contributed by atoms with Crippen LogP contribution in [0.2, 0.25) is 0 Å². The van der Waals surface area contributed by atoms with Crippen LogP contribution >= 0.6 is 11.6 Å². The van der Waals surface area contributed by atoms with Crippen LogP contribution in [0.15, 0.2) is 18.2 Å². The van der Waals surface area contributed by atoms with Gasteiger partial charge >= 0.3 is 0 Å². The first-order valence-electron chi connectivity index (χ1n) is 5.64. The van der Waals surface area contributed by atoms with Crippen molar-refractivity contribution >= 4 is 11.6 Å².